The Morgan fingerprint density at radius 1 is 1.04 bits per heavy atom. The highest BCUT2D eigenvalue weighted by atomic mass is 16.5. The molecule has 0 saturated heterocycles. The Labute approximate surface area is 160 Å². The Balaban J connectivity index is 1.54. The maximum Gasteiger partial charge on any atom is 0.312 e. The fourth-order valence-electron chi connectivity index (χ4n) is 2.58. The Morgan fingerprint density at radius 3 is 2.36 bits per heavy atom. The molecule has 1 atom stereocenters. The first-order chi connectivity index (χ1) is 13.4. The summed E-state index contributed by atoms with van der Waals surface area (Å²) in [6.07, 6.45) is -1.08. The molecular weight excluding hydrogens is 362 g/mol. The van der Waals surface area contributed by atoms with E-state index >= 15 is 0 Å². The molecule has 0 aliphatic rings. The van der Waals surface area contributed by atoms with E-state index in [1.54, 1.807) is 36.4 Å². The Kier molecular flexibility index (Phi) is 5.69. The van der Waals surface area contributed by atoms with Gasteiger partial charge in [-0.15, -0.1) is 0 Å². The van der Waals surface area contributed by atoms with Crippen LogP contribution in [0.2, 0.25) is 0 Å². The molecule has 1 aromatic heterocycles. The van der Waals surface area contributed by atoms with Gasteiger partial charge in [0, 0.05) is 23.7 Å². The van der Waals surface area contributed by atoms with Gasteiger partial charge in [-0.3, -0.25) is 14.4 Å². The number of para-hydroxylation sites is 1. The molecule has 0 radical (unpaired) electrons. The number of ether oxygens (including phenoxy) is 1. The molecule has 2 N–H and O–H groups in total. The summed E-state index contributed by atoms with van der Waals surface area (Å²) in [5, 5.41) is 9.90. The molecule has 3 aromatic rings. The van der Waals surface area contributed by atoms with Gasteiger partial charge < -0.3 is 19.9 Å². The highest BCUT2D eigenvalue weighted by molar-refractivity contribution is 5.96. The van der Waals surface area contributed by atoms with E-state index < -0.39 is 18.0 Å². The average Bonchev–Trinajstić information content (AvgIpc) is 3.05. The smallest absolute Gasteiger partial charge is 0.312 e. The number of amides is 2. The molecule has 0 spiro atoms. The topological polar surface area (TPSA) is 111 Å². The lowest BCUT2D eigenvalue weighted by Gasteiger charge is -2.13. The molecule has 8 heteroatoms. The van der Waals surface area contributed by atoms with Crippen molar-refractivity contribution in [1.82, 2.24) is 5.16 Å². The minimum Gasteiger partial charge on any atom is -0.452 e. The number of fused-ring (bicyclic) bond motifs is 1. The van der Waals surface area contributed by atoms with Crippen molar-refractivity contribution in [3.8, 4) is 0 Å². The van der Waals surface area contributed by atoms with Gasteiger partial charge in [-0.1, -0.05) is 17.3 Å². The summed E-state index contributed by atoms with van der Waals surface area (Å²) in [7, 11) is 0. The minimum absolute atomic E-state index is 0.0972. The predicted molar refractivity (Wildman–Crippen MR) is 103 cm³/mol. The fraction of sp³-hybridized carbons (Fsp3) is 0.200. The van der Waals surface area contributed by atoms with E-state index in [-0.39, 0.29) is 12.3 Å². The van der Waals surface area contributed by atoms with Crippen LogP contribution in [0.1, 0.15) is 19.5 Å². The van der Waals surface area contributed by atoms with Crippen LogP contribution in [0, 0.1) is 0 Å². The van der Waals surface area contributed by atoms with E-state index in [1.807, 2.05) is 12.1 Å². The molecular formula is C20H19N3O5. The largest absolute Gasteiger partial charge is 0.452 e. The molecule has 0 aliphatic carbocycles. The second-order valence-electron chi connectivity index (χ2n) is 6.18. The summed E-state index contributed by atoms with van der Waals surface area (Å²) in [5.74, 6) is -1.23. The van der Waals surface area contributed by atoms with Crippen molar-refractivity contribution in [3.05, 3.63) is 54.2 Å². The molecule has 8 nitrogen and oxygen atoms in total. The number of aromatic nitrogens is 1. The number of rotatable bonds is 6. The Bertz CT molecular complexity index is 1010. The highest BCUT2D eigenvalue weighted by Crippen LogP contribution is 2.19. The summed E-state index contributed by atoms with van der Waals surface area (Å²) in [6.45, 7) is 2.90. The zero-order valence-electron chi connectivity index (χ0n) is 15.4. The fourth-order valence-corrected chi connectivity index (χ4v) is 2.58. The number of nitrogens with one attached hydrogen (secondary N) is 2. The lowest BCUT2D eigenvalue weighted by molar-refractivity contribution is -0.152. The molecule has 0 bridgehead atoms. The maximum atomic E-state index is 12.2. The Hall–Kier alpha value is -3.68. The minimum atomic E-state index is -0.985. The molecule has 28 heavy (non-hydrogen) atoms. The normalized spacial score (nSPS) is 11.6. The third-order valence-electron chi connectivity index (χ3n) is 3.91. The van der Waals surface area contributed by atoms with Gasteiger partial charge >= 0.3 is 5.97 Å². The quantitative estimate of drug-likeness (QED) is 0.635. The van der Waals surface area contributed by atoms with Gasteiger partial charge in [-0.2, -0.15) is 0 Å². The van der Waals surface area contributed by atoms with Gasteiger partial charge in [0.2, 0.25) is 5.91 Å². The highest BCUT2D eigenvalue weighted by Gasteiger charge is 2.20. The van der Waals surface area contributed by atoms with Crippen molar-refractivity contribution in [2.24, 2.45) is 0 Å². The molecule has 2 amide bonds. The van der Waals surface area contributed by atoms with Crippen LogP contribution < -0.4 is 10.6 Å². The molecule has 1 heterocycles. The molecule has 0 unspecified atom stereocenters. The van der Waals surface area contributed by atoms with Gasteiger partial charge in [0.05, 0.1) is 6.42 Å². The molecule has 0 saturated carbocycles. The van der Waals surface area contributed by atoms with Crippen LogP contribution in [-0.4, -0.2) is 29.0 Å². The van der Waals surface area contributed by atoms with Crippen molar-refractivity contribution in [3.63, 3.8) is 0 Å². The van der Waals surface area contributed by atoms with Crippen LogP contribution in [-0.2, 0) is 25.5 Å². The predicted octanol–water partition coefficient (Wildman–Crippen LogP) is 2.90. The van der Waals surface area contributed by atoms with Crippen LogP contribution >= 0.6 is 0 Å². The maximum absolute atomic E-state index is 12.2. The van der Waals surface area contributed by atoms with E-state index in [0.717, 1.165) is 5.39 Å². The summed E-state index contributed by atoms with van der Waals surface area (Å²) >= 11 is 0. The number of nitrogens with zero attached hydrogens (tertiary/aromatic N) is 1. The number of carbonyl (C=O) groups is 3. The number of esters is 1. The van der Waals surface area contributed by atoms with Crippen molar-refractivity contribution < 1.29 is 23.6 Å². The summed E-state index contributed by atoms with van der Waals surface area (Å²) in [4.78, 5) is 35.4. The Morgan fingerprint density at radius 2 is 1.68 bits per heavy atom. The number of benzene rings is 2. The van der Waals surface area contributed by atoms with Crippen molar-refractivity contribution in [2.75, 3.05) is 10.6 Å². The van der Waals surface area contributed by atoms with Crippen LogP contribution in [0.5, 0.6) is 0 Å². The number of hydrogen-bond acceptors (Lipinski definition) is 6. The summed E-state index contributed by atoms with van der Waals surface area (Å²) < 4.78 is 10.3. The first-order valence-electron chi connectivity index (χ1n) is 8.63. The van der Waals surface area contributed by atoms with Gasteiger partial charge in [-0.25, -0.2) is 0 Å². The van der Waals surface area contributed by atoms with Crippen LogP contribution in [0.3, 0.4) is 0 Å². The summed E-state index contributed by atoms with van der Waals surface area (Å²) in [5.41, 5.74) is 2.18. The van der Waals surface area contributed by atoms with Crippen LogP contribution in [0.15, 0.2) is 53.1 Å². The summed E-state index contributed by atoms with van der Waals surface area (Å²) in [6, 6.07) is 13.8. The zero-order valence-corrected chi connectivity index (χ0v) is 15.4. The van der Waals surface area contributed by atoms with Crippen LogP contribution in [0.4, 0.5) is 11.4 Å². The number of anilines is 2. The van der Waals surface area contributed by atoms with Gasteiger partial charge in [0.15, 0.2) is 11.7 Å². The zero-order chi connectivity index (χ0) is 20.1. The molecule has 2 aromatic carbocycles. The standard InChI is InChI=1S/C20H19N3O5/c1-12(20(26)22-15-9-7-14(8-10-15)21-13(2)24)27-19(25)11-17-16-5-3-4-6-18(16)28-23-17/h3-10,12H,11H2,1-2H3,(H,21,24)(H,22,26)/t12-/m1/s1. The molecule has 0 fully saturated rings. The second kappa shape index (κ2) is 8.34. The lowest BCUT2D eigenvalue weighted by atomic mass is 10.2. The van der Waals surface area contributed by atoms with Crippen molar-refractivity contribution in [2.45, 2.75) is 26.4 Å². The van der Waals surface area contributed by atoms with E-state index in [2.05, 4.69) is 15.8 Å². The number of carbonyl (C=O) groups excluding carboxylic acids is 3. The van der Waals surface area contributed by atoms with Crippen molar-refractivity contribution in [1.29, 1.82) is 0 Å². The van der Waals surface area contributed by atoms with Gasteiger partial charge in [-0.05, 0) is 43.3 Å². The lowest BCUT2D eigenvalue weighted by Crippen LogP contribution is -2.30. The molecule has 0 aliphatic heterocycles. The van der Waals surface area contributed by atoms with E-state index in [0.29, 0.717) is 22.7 Å². The van der Waals surface area contributed by atoms with E-state index in [4.69, 9.17) is 9.26 Å². The third-order valence-corrected chi connectivity index (χ3v) is 3.91. The molecule has 144 valence electrons. The monoisotopic (exact) mass is 381 g/mol. The van der Waals surface area contributed by atoms with Gasteiger partial charge in [0.1, 0.15) is 5.69 Å². The first kappa shape index (κ1) is 19.1. The average molecular weight is 381 g/mol. The number of hydrogen-bond donors (Lipinski definition) is 2. The third kappa shape index (κ3) is 4.73. The first-order valence-corrected chi connectivity index (χ1v) is 8.63. The van der Waals surface area contributed by atoms with E-state index in [1.165, 1.54) is 13.8 Å². The van der Waals surface area contributed by atoms with E-state index in [9.17, 15) is 14.4 Å². The second-order valence-corrected chi connectivity index (χ2v) is 6.18. The SMILES string of the molecule is CC(=O)Nc1ccc(NC(=O)[C@@H](C)OC(=O)Cc2noc3ccccc23)cc1. The van der Waals surface area contributed by atoms with Gasteiger partial charge in [0.25, 0.3) is 5.91 Å². The molecule has 3 rings (SSSR count). The van der Waals surface area contributed by atoms with Crippen LogP contribution in [0.25, 0.3) is 11.0 Å². The van der Waals surface area contributed by atoms with Crippen molar-refractivity contribution >= 4 is 40.1 Å².